The molecule has 1 saturated heterocycles. The van der Waals surface area contributed by atoms with Crippen molar-refractivity contribution in [1.29, 1.82) is 0 Å². The van der Waals surface area contributed by atoms with Crippen LogP contribution in [-0.2, 0) is 0 Å². The number of fused-ring (bicyclic) bond motifs is 1. The molecule has 1 aromatic heterocycles. The lowest BCUT2D eigenvalue weighted by atomic mass is 10.1. The smallest absolute Gasteiger partial charge is 0.287 e. The Bertz CT molecular complexity index is 597. The summed E-state index contributed by atoms with van der Waals surface area (Å²) in [7, 11) is 0. The topological polar surface area (TPSA) is 54.3 Å². The van der Waals surface area contributed by atoms with Gasteiger partial charge in [0.25, 0.3) is 5.91 Å². The number of furan rings is 1. The Labute approximate surface area is 112 Å². The van der Waals surface area contributed by atoms with Gasteiger partial charge in [0.05, 0.1) is 0 Å². The standard InChI is InChI=1S/C15H18N2O2/c1-10-2-3-13-12(6-10)7-14(19-13)15(18)17-9-11-4-5-16-8-11/h2-3,6-7,11,16H,4-5,8-9H2,1H3,(H,17,18). The van der Waals surface area contributed by atoms with Crippen molar-refractivity contribution in [1.82, 2.24) is 10.6 Å². The highest BCUT2D eigenvalue weighted by atomic mass is 16.3. The normalized spacial score (nSPS) is 18.9. The maximum Gasteiger partial charge on any atom is 0.287 e. The Morgan fingerprint density at radius 1 is 1.47 bits per heavy atom. The summed E-state index contributed by atoms with van der Waals surface area (Å²) in [6.45, 7) is 4.77. The monoisotopic (exact) mass is 258 g/mol. The lowest BCUT2D eigenvalue weighted by molar-refractivity contribution is 0.0922. The number of rotatable bonds is 3. The Morgan fingerprint density at radius 2 is 2.37 bits per heavy atom. The number of hydrogen-bond donors (Lipinski definition) is 2. The molecule has 1 aromatic carbocycles. The average Bonchev–Trinajstić information content (AvgIpc) is 3.04. The molecular weight excluding hydrogens is 240 g/mol. The summed E-state index contributed by atoms with van der Waals surface area (Å²) in [4.78, 5) is 12.0. The molecule has 2 heterocycles. The molecule has 3 rings (SSSR count). The number of aryl methyl sites for hydroxylation is 1. The van der Waals surface area contributed by atoms with Gasteiger partial charge in [-0.15, -0.1) is 0 Å². The highest BCUT2D eigenvalue weighted by Crippen LogP contribution is 2.20. The molecule has 4 nitrogen and oxygen atoms in total. The molecule has 0 saturated carbocycles. The number of carbonyl (C=O) groups is 1. The Morgan fingerprint density at radius 3 is 3.16 bits per heavy atom. The maximum atomic E-state index is 12.0. The van der Waals surface area contributed by atoms with Crippen LogP contribution >= 0.6 is 0 Å². The molecule has 2 N–H and O–H groups in total. The van der Waals surface area contributed by atoms with Crippen LogP contribution in [0.1, 0.15) is 22.5 Å². The second-order valence-corrected chi connectivity index (χ2v) is 5.22. The maximum absolute atomic E-state index is 12.0. The van der Waals surface area contributed by atoms with E-state index in [1.54, 1.807) is 0 Å². The first-order valence-corrected chi connectivity index (χ1v) is 6.71. The predicted molar refractivity (Wildman–Crippen MR) is 74.3 cm³/mol. The van der Waals surface area contributed by atoms with Gasteiger partial charge in [0, 0.05) is 11.9 Å². The van der Waals surface area contributed by atoms with E-state index >= 15 is 0 Å². The lowest BCUT2D eigenvalue weighted by Gasteiger charge is -2.08. The molecule has 4 heteroatoms. The molecule has 0 bridgehead atoms. The van der Waals surface area contributed by atoms with Crippen LogP contribution in [0, 0.1) is 12.8 Å². The third-order valence-electron chi connectivity index (χ3n) is 3.61. The zero-order valence-corrected chi connectivity index (χ0v) is 11.0. The van der Waals surface area contributed by atoms with Crippen LogP contribution in [-0.4, -0.2) is 25.5 Å². The number of benzene rings is 1. The van der Waals surface area contributed by atoms with Gasteiger partial charge >= 0.3 is 0 Å². The van der Waals surface area contributed by atoms with Gasteiger partial charge in [-0.05, 0) is 50.6 Å². The van der Waals surface area contributed by atoms with Crippen molar-refractivity contribution in [2.75, 3.05) is 19.6 Å². The summed E-state index contributed by atoms with van der Waals surface area (Å²) in [5.41, 5.74) is 1.93. The van der Waals surface area contributed by atoms with Crippen molar-refractivity contribution in [2.45, 2.75) is 13.3 Å². The van der Waals surface area contributed by atoms with E-state index in [4.69, 9.17) is 4.42 Å². The van der Waals surface area contributed by atoms with E-state index in [2.05, 4.69) is 10.6 Å². The summed E-state index contributed by atoms with van der Waals surface area (Å²) < 4.78 is 5.57. The largest absolute Gasteiger partial charge is 0.451 e. The van der Waals surface area contributed by atoms with E-state index in [1.165, 1.54) is 0 Å². The highest BCUT2D eigenvalue weighted by Gasteiger charge is 2.17. The van der Waals surface area contributed by atoms with Crippen LogP contribution in [0.2, 0.25) is 0 Å². The number of hydrogen-bond acceptors (Lipinski definition) is 3. The van der Waals surface area contributed by atoms with Crippen molar-refractivity contribution < 1.29 is 9.21 Å². The zero-order chi connectivity index (χ0) is 13.2. The van der Waals surface area contributed by atoms with Crippen LogP contribution in [0.25, 0.3) is 11.0 Å². The molecule has 1 fully saturated rings. The second kappa shape index (κ2) is 5.05. The molecule has 0 spiro atoms. The van der Waals surface area contributed by atoms with Crippen molar-refractivity contribution in [3.05, 3.63) is 35.6 Å². The van der Waals surface area contributed by atoms with E-state index < -0.39 is 0 Å². The third kappa shape index (κ3) is 2.63. The molecule has 1 amide bonds. The fourth-order valence-electron chi connectivity index (χ4n) is 2.49. The Hall–Kier alpha value is -1.81. The third-order valence-corrected chi connectivity index (χ3v) is 3.61. The van der Waals surface area contributed by atoms with E-state index in [9.17, 15) is 4.79 Å². The number of amides is 1. The van der Waals surface area contributed by atoms with Gasteiger partial charge < -0.3 is 15.1 Å². The zero-order valence-electron chi connectivity index (χ0n) is 11.0. The summed E-state index contributed by atoms with van der Waals surface area (Å²) in [5, 5.41) is 7.21. The molecule has 0 aliphatic carbocycles. The fourth-order valence-corrected chi connectivity index (χ4v) is 2.49. The summed E-state index contributed by atoms with van der Waals surface area (Å²) in [6, 6.07) is 7.72. The van der Waals surface area contributed by atoms with Crippen molar-refractivity contribution in [3.63, 3.8) is 0 Å². The minimum absolute atomic E-state index is 0.124. The lowest BCUT2D eigenvalue weighted by Crippen LogP contribution is -2.29. The average molecular weight is 258 g/mol. The van der Waals surface area contributed by atoms with Gasteiger partial charge in [-0.3, -0.25) is 4.79 Å². The SMILES string of the molecule is Cc1ccc2oc(C(=O)NCC3CCNC3)cc2c1. The quantitative estimate of drug-likeness (QED) is 0.886. The van der Waals surface area contributed by atoms with E-state index in [-0.39, 0.29) is 5.91 Å². The predicted octanol–water partition coefficient (Wildman–Crippen LogP) is 2.08. The van der Waals surface area contributed by atoms with Gasteiger partial charge in [-0.1, -0.05) is 11.6 Å². The van der Waals surface area contributed by atoms with Gasteiger partial charge in [0.15, 0.2) is 5.76 Å². The Kier molecular flexibility index (Phi) is 3.25. The van der Waals surface area contributed by atoms with Crippen LogP contribution < -0.4 is 10.6 Å². The molecular formula is C15H18N2O2. The second-order valence-electron chi connectivity index (χ2n) is 5.22. The minimum Gasteiger partial charge on any atom is -0.451 e. The molecule has 1 aliphatic rings. The van der Waals surface area contributed by atoms with Gasteiger partial charge in [-0.25, -0.2) is 0 Å². The molecule has 19 heavy (non-hydrogen) atoms. The highest BCUT2D eigenvalue weighted by molar-refractivity contribution is 5.96. The van der Waals surface area contributed by atoms with Gasteiger partial charge in [-0.2, -0.15) is 0 Å². The molecule has 1 atom stereocenters. The number of nitrogens with one attached hydrogen (secondary N) is 2. The number of carbonyl (C=O) groups excluding carboxylic acids is 1. The van der Waals surface area contributed by atoms with Gasteiger partial charge in [0.2, 0.25) is 0 Å². The van der Waals surface area contributed by atoms with E-state index in [0.717, 1.165) is 36.0 Å². The first kappa shape index (κ1) is 12.2. The van der Waals surface area contributed by atoms with Crippen molar-refractivity contribution >= 4 is 16.9 Å². The fraction of sp³-hybridized carbons (Fsp3) is 0.400. The van der Waals surface area contributed by atoms with E-state index in [1.807, 2.05) is 31.2 Å². The summed E-state index contributed by atoms with van der Waals surface area (Å²) >= 11 is 0. The Balaban J connectivity index is 1.70. The van der Waals surface area contributed by atoms with Crippen LogP contribution in [0.3, 0.4) is 0 Å². The van der Waals surface area contributed by atoms with Crippen LogP contribution in [0.5, 0.6) is 0 Å². The van der Waals surface area contributed by atoms with Crippen LogP contribution in [0.4, 0.5) is 0 Å². The summed E-state index contributed by atoms with van der Waals surface area (Å²) in [5.74, 6) is 0.808. The molecule has 100 valence electrons. The first-order chi connectivity index (χ1) is 9.22. The molecule has 0 radical (unpaired) electrons. The van der Waals surface area contributed by atoms with Crippen LogP contribution in [0.15, 0.2) is 28.7 Å². The van der Waals surface area contributed by atoms with Crippen molar-refractivity contribution in [3.8, 4) is 0 Å². The van der Waals surface area contributed by atoms with E-state index in [0.29, 0.717) is 18.2 Å². The minimum atomic E-state index is -0.124. The summed E-state index contributed by atoms with van der Waals surface area (Å²) in [6.07, 6.45) is 1.12. The molecule has 1 aliphatic heterocycles. The van der Waals surface area contributed by atoms with Gasteiger partial charge in [0.1, 0.15) is 5.58 Å². The van der Waals surface area contributed by atoms with Crippen molar-refractivity contribution in [2.24, 2.45) is 5.92 Å². The molecule has 1 unspecified atom stereocenters. The first-order valence-electron chi connectivity index (χ1n) is 6.71. The molecule has 2 aromatic rings.